The standard InChI is InChI=1S/C16H21N3O3/c1-18-13-6-5-11(8-14(13)19(2)16(18)21)9-15(20)17-10-12-4-3-7-22-12/h5-6,8,12H,3-4,7,9-10H2,1-2H3,(H,17,20). The topological polar surface area (TPSA) is 65.3 Å². The molecule has 1 aromatic heterocycles. The van der Waals surface area contributed by atoms with Gasteiger partial charge >= 0.3 is 5.69 Å². The second-order valence-electron chi connectivity index (χ2n) is 5.84. The summed E-state index contributed by atoms with van der Waals surface area (Å²) in [5.41, 5.74) is 2.56. The molecule has 1 fully saturated rings. The van der Waals surface area contributed by atoms with E-state index in [1.54, 1.807) is 23.2 Å². The Kier molecular flexibility index (Phi) is 4.02. The average Bonchev–Trinajstić information content (AvgIpc) is 3.10. The molecule has 1 aromatic carbocycles. The van der Waals surface area contributed by atoms with E-state index in [0.717, 1.165) is 36.0 Å². The monoisotopic (exact) mass is 303 g/mol. The number of hydrogen-bond donors (Lipinski definition) is 1. The van der Waals surface area contributed by atoms with Crippen LogP contribution in [-0.4, -0.2) is 34.3 Å². The first-order valence-corrected chi connectivity index (χ1v) is 7.59. The van der Waals surface area contributed by atoms with Gasteiger partial charge in [0.2, 0.25) is 5.91 Å². The fraction of sp³-hybridized carbons (Fsp3) is 0.500. The van der Waals surface area contributed by atoms with E-state index in [1.165, 1.54) is 0 Å². The third-order valence-electron chi connectivity index (χ3n) is 4.25. The molecule has 0 radical (unpaired) electrons. The van der Waals surface area contributed by atoms with Crippen molar-refractivity contribution in [2.24, 2.45) is 14.1 Å². The van der Waals surface area contributed by atoms with Gasteiger partial charge in [-0.1, -0.05) is 6.07 Å². The van der Waals surface area contributed by atoms with Crippen molar-refractivity contribution in [3.63, 3.8) is 0 Å². The van der Waals surface area contributed by atoms with Crippen LogP contribution in [0.25, 0.3) is 11.0 Å². The van der Waals surface area contributed by atoms with Gasteiger partial charge < -0.3 is 10.1 Å². The van der Waals surface area contributed by atoms with Gasteiger partial charge in [0.05, 0.1) is 23.6 Å². The average molecular weight is 303 g/mol. The van der Waals surface area contributed by atoms with Gasteiger partial charge in [0.1, 0.15) is 0 Å². The number of benzene rings is 1. The molecular formula is C16H21N3O3. The van der Waals surface area contributed by atoms with Crippen molar-refractivity contribution in [2.45, 2.75) is 25.4 Å². The molecule has 2 aromatic rings. The molecule has 22 heavy (non-hydrogen) atoms. The van der Waals surface area contributed by atoms with Gasteiger partial charge in [-0.05, 0) is 30.5 Å². The minimum Gasteiger partial charge on any atom is -0.376 e. The summed E-state index contributed by atoms with van der Waals surface area (Å²) in [5.74, 6) is -0.0178. The van der Waals surface area contributed by atoms with Crippen molar-refractivity contribution < 1.29 is 9.53 Å². The van der Waals surface area contributed by atoms with Crippen LogP contribution in [0.15, 0.2) is 23.0 Å². The highest BCUT2D eigenvalue weighted by atomic mass is 16.5. The van der Waals surface area contributed by atoms with Crippen LogP contribution in [0.3, 0.4) is 0 Å². The summed E-state index contributed by atoms with van der Waals surface area (Å²) >= 11 is 0. The number of rotatable bonds is 4. The minimum atomic E-state index is -0.0602. The summed E-state index contributed by atoms with van der Waals surface area (Å²) in [6, 6.07) is 5.69. The molecule has 1 aliphatic heterocycles. The van der Waals surface area contributed by atoms with Gasteiger partial charge in [-0.2, -0.15) is 0 Å². The smallest absolute Gasteiger partial charge is 0.328 e. The van der Waals surface area contributed by atoms with Gasteiger partial charge in [-0.15, -0.1) is 0 Å². The molecule has 118 valence electrons. The van der Waals surface area contributed by atoms with E-state index in [0.29, 0.717) is 13.0 Å². The predicted molar refractivity (Wildman–Crippen MR) is 83.8 cm³/mol. The molecule has 0 spiro atoms. The minimum absolute atomic E-state index is 0.0178. The summed E-state index contributed by atoms with van der Waals surface area (Å²) in [4.78, 5) is 23.9. The van der Waals surface area contributed by atoms with Gasteiger partial charge in [0, 0.05) is 27.2 Å². The van der Waals surface area contributed by atoms with E-state index >= 15 is 0 Å². The lowest BCUT2D eigenvalue weighted by Crippen LogP contribution is -2.32. The van der Waals surface area contributed by atoms with Crippen LogP contribution in [0.1, 0.15) is 18.4 Å². The molecule has 1 N–H and O–H groups in total. The zero-order valence-electron chi connectivity index (χ0n) is 13.0. The number of carbonyl (C=O) groups excluding carboxylic acids is 1. The Hall–Kier alpha value is -2.08. The molecule has 1 unspecified atom stereocenters. The number of nitrogens with one attached hydrogen (secondary N) is 1. The fourth-order valence-corrected chi connectivity index (χ4v) is 2.94. The number of ether oxygens (including phenoxy) is 1. The normalized spacial score (nSPS) is 18.0. The third-order valence-corrected chi connectivity index (χ3v) is 4.25. The zero-order chi connectivity index (χ0) is 15.7. The lowest BCUT2D eigenvalue weighted by Gasteiger charge is -2.10. The second kappa shape index (κ2) is 5.96. The van der Waals surface area contributed by atoms with Crippen LogP contribution in [0.5, 0.6) is 0 Å². The second-order valence-corrected chi connectivity index (χ2v) is 5.84. The summed E-state index contributed by atoms with van der Waals surface area (Å²) in [6.07, 6.45) is 2.55. The number of carbonyl (C=O) groups is 1. The molecule has 0 bridgehead atoms. The van der Waals surface area contributed by atoms with Gasteiger partial charge in [0.15, 0.2) is 0 Å². The predicted octanol–water partition coefficient (Wildman–Crippen LogP) is 0.715. The van der Waals surface area contributed by atoms with Crippen molar-refractivity contribution in [1.82, 2.24) is 14.5 Å². The van der Waals surface area contributed by atoms with Crippen LogP contribution in [-0.2, 0) is 30.0 Å². The highest BCUT2D eigenvalue weighted by Crippen LogP contribution is 2.15. The molecule has 6 nitrogen and oxygen atoms in total. The molecular weight excluding hydrogens is 282 g/mol. The highest BCUT2D eigenvalue weighted by molar-refractivity contribution is 5.82. The fourth-order valence-electron chi connectivity index (χ4n) is 2.94. The molecule has 1 amide bonds. The van der Waals surface area contributed by atoms with E-state index in [4.69, 9.17) is 4.74 Å². The molecule has 1 atom stereocenters. The van der Waals surface area contributed by atoms with Crippen molar-refractivity contribution in [1.29, 1.82) is 0 Å². The molecule has 0 saturated carbocycles. The van der Waals surface area contributed by atoms with Crippen LogP contribution in [0, 0.1) is 0 Å². The first-order valence-electron chi connectivity index (χ1n) is 7.59. The van der Waals surface area contributed by atoms with Gasteiger partial charge in [-0.3, -0.25) is 13.9 Å². The number of nitrogens with zero attached hydrogens (tertiary/aromatic N) is 2. The number of fused-ring (bicyclic) bond motifs is 1. The molecule has 0 aliphatic carbocycles. The quantitative estimate of drug-likeness (QED) is 0.905. The van der Waals surface area contributed by atoms with Crippen molar-refractivity contribution in [3.8, 4) is 0 Å². The largest absolute Gasteiger partial charge is 0.376 e. The van der Waals surface area contributed by atoms with Crippen molar-refractivity contribution in [2.75, 3.05) is 13.2 Å². The Morgan fingerprint density at radius 1 is 1.32 bits per heavy atom. The van der Waals surface area contributed by atoms with Gasteiger partial charge in [-0.25, -0.2) is 4.79 Å². The SMILES string of the molecule is Cn1c(=O)n(C)c2cc(CC(=O)NCC3CCCO3)ccc21. The maximum absolute atomic E-state index is 12.0. The van der Waals surface area contributed by atoms with Crippen LogP contribution in [0.2, 0.25) is 0 Å². The molecule has 1 saturated heterocycles. The first-order chi connectivity index (χ1) is 10.6. The van der Waals surface area contributed by atoms with Crippen LogP contribution < -0.4 is 11.0 Å². The molecule has 6 heteroatoms. The number of aryl methyl sites for hydroxylation is 2. The number of amides is 1. The van der Waals surface area contributed by atoms with Crippen LogP contribution in [0.4, 0.5) is 0 Å². The number of hydrogen-bond acceptors (Lipinski definition) is 3. The van der Waals surface area contributed by atoms with Crippen molar-refractivity contribution >= 4 is 16.9 Å². The Labute approximate surface area is 128 Å². The number of aromatic nitrogens is 2. The summed E-state index contributed by atoms with van der Waals surface area (Å²) < 4.78 is 8.70. The van der Waals surface area contributed by atoms with Gasteiger partial charge in [0.25, 0.3) is 0 Å². The van der Waals surface area contributed by atoms with E-state index in [-0.39, 0.29) is 17.7 Å². The van der Waals surface area contributed by atoms with Crippen molar-refractivity contribution in [3.05, 3.63) is 34.2 Å². The van der Waals surface area contributed by atoms with E-state index in [9.17, 15) is 9.59 Å². The maximum atomic E-state index is 12.0. The third kappa shape index (κ3) is 2.78. The van der Waals surface area contributed by atoms with E-state index in [1.807, 2.05) is 18.2 Å². The van der Waals surface area contributed by atoms with E-state index < -0.39 is 0 Å². The zero-order valence-corrected chi connectivity index (χ0v) is 13.0. The van der Waals surface area contributed by atoms with Crippen LogP contribution >= 0.6 is 0 Å². The Morgan fingerprint density at radius 3 is 2.82 bits per heavy atom. The highest BCUT2D eigenvalue weighted by Gasteiger charge is 2.16. The van der Waals surface area contributed by atoms with E-state index in [2.05, 4.69) is 5.32 Å². The Morgan fingerprint density at radius 2 is 2.09 bits per heavy atom. The summed E-state index contributed by atoms with van der Waals surface area (Å²) in [6.45, 7) is 1.37. The molecule has 1 aliphatic rings. The summed E-state index contributed by atoms with van der Waals surface area (Å²) in [7, 11) is 3.49. The molecule has 2 heterocycles. The summed E-state index contributed by atoms with van der Waals surface area (Å²) in [5, 5.41) is 2.91. The lowest BCUT2D eigenvalue weighted by atomic mass is 10.1. The Balaban J connectivity index is 1.69. The maximum Gasteiger partial charge on any atom is 0.328 e. The lowest BCUT2D eigenvalue weighted by molar-refractivity contribution is -0.120. The molecule has 3 rings (SSSR count). The Bertz CT molecular complexity index is 754. The first kappa shape index (κ1) is 14.8. The number of imidazole rings is 1.